The first-order valence-electron chi connectivity index (χ1n) is 12.0. The van der Waals surface area contributed by atoms with Crippen LogP contribution in [-0.2, 0) is 5.41 Å². The highest BCUT2D eigenvalue weighted by Gasteiger charge is 2.56. The van der Waals surface area contributed by atoms with Gasteiger partial charge in [0.25, 0.3) is 5.91 Å². The molecule has 4 saturated carbocycles. The van der Waals surface area contributed by atoms with Gasteiger partial charge in [-0.25, -0.2) is 9.78 Å². The summed E-state index contributed by atoms with van der Waals surface area (Å²) in [5.41, 5.74) is 3.86. The number of nitrogens with one attached hydrogen (secondary N) is 2. The Morgan fingerprint density at radius 2 is 1.53 bits per heavy atom. The van der Waals surface area contributed by atoms with Gasteiger partial charge in [-0.15, -0.1) is 0 Å². The average Bonchev–Trinajstić information content (AvgIpc) is 3.26. The normalized spacial score (nSPS) is 26.4. The maximum Gasteiger partial charge on any atom is 0.354 e. The molecule has 6 nitrogen and oxygen atoms in total. The zero-order valence-electron chi connectivity index (χ0n) is 18.8. The molecule has 4 fully saturated rings. The molecule has 3 aromatic rings. The predicted octanol–water partition coefficient (Wildman–Crippen LogP) is 5.85. The van der Waals surface area contributed by atoms with E-state index in [1.54, 1.807) is 36.4 Å². The first-order chi connectivity index (χ1) is 16.5. The van der Waals surface area contributed by atoms with Gasteiger partial charge in [-0.3, -0.25) is 4.79 Å². The van der Waals surface area contributed by atoms with Crippen LogP contribution < -0.4 is 10.6 Å². The maximum absolute atomic E-state index is 12.8. The van der Waals surface area contributed by atoms with E-state index in [1.165, 1.54) is 43.7 Å². The van der Waals surface area contributed by atoms with Crippen LogP contribution in [0, 0.1) is 17.8 Å². The van der Waals surface area contributed by atoms with Gasteiger partial charge in [0, 0.05) is 16.9 Å². The van der Waals surface area contributed by atoms with Crippen molar-refractivity contribution < 1.29 is 14.7 Å². The van der Waals surface area contributed by atoms with Crippen LogP contribution in [0.15, 0.2) is 66.7 Å². The molecule has 2 atom stereocenters. The Bertz CT molecular complexity index is 1230. The van der Waals surface area contributed by atoms with Crippen LogP contribution in [0.1, 0.15) is 58.5 Å². The summed E-state index contributed by atoms with van der Waals surface area (Å²) in [6.45, 7) is 0. The van der Waals surface area contributed by atoms with Gasteiger partial charge < -0.3 is 15.7 Å². The molecule has 2 unspecified atom stereocenters. The number of carbonyl (C=O) groups excluding carboxylic acids is 1. The molecule has 172 valence electrons. The summed E-state index contributed by atoms with van der Waals surface area (Å²) in [6.07, 6.45) is 6.91. The quantitative estimate of drug-likeness (QED) is 0.435. The second kappa shape index (κ2) is 7.97. The monoisotopic (exact) mass is 453 g/mol. The highest BCUT2D eigenvalue weighted by Crippen LogP contribution is 2.64. The Labute approximate surface area is 198 Å². The highest BCUT2D eigenvalue weighted by atomic mass is 16.4. The number of anilines is 3. The lowest BCUT2D eigenvalue weighted by Crippen LogP contribution is -2.31. The van der Waals surface area contributed by atoms with E-state index in [0.29, 0.717) is 16.8 Å². The molecule has 3 N–H and O–H groups in total. The second-order valence-corrected chi connectivity index (χ2v) is 10.2. The predicted molar refractivity (Wildman–Crippen MR) is 131 cm³/mol. The number of pyridine rings is 1. The van der Waals surface area contributed by atoms with Crippen molar-refractivity contribution in [2.24, 2.45) is 17.8 Å². The van der Waals surface area contributed by atoms with Crippen LogP contribution in [-0.4, -0.2) is 22.0 Å². The summed E-state index contributed by atoms with van der Waals surface area (Å²) in [6, 6.07) is 20.3. The molecular formula is C28H27N3O3. The van der Waals surface area contributed by atoms with E-state index in [2.05, 4.69) is 27.8 Å². The van der Waals surface area contributed by atoms with Crippen molar-refractivity contribution >= 4 is 29.1 Å². The van der Waals surface area contributed by atoms with Crippen molar-refractivity contribution in [1.82, 2.24) is 4.98 Å². The molecule has 4 bridgehead atoms. The fourth-order valence-electron chi connectivity index (χ4n) is 6.75. The molecule has 4 aliphatic carbocycles. The van der Waals surface area contributed by atoms with E-state index in [9.17, 15) is 9.59 Å². The van der Waals surface area contributed by atoms with Crippen molar-refractivity contribution in [3.8, 4) is 0 Å². The van der Waals surface area contributed by atoms with Gasteiger partial charge >= 0.3 is 5.97 Å². The highest BCUT2D eigenvalue weighted by molar-refractivity contribution is 6.04. The molecule has 2 aromatic carbocycles. The number of carboxylic acid groups (broad SMARTS) is 1. The zero-order chi connectivity index (χ0) is 23.3. The topological polar surface area (TPSA) is 91.3 Å². The van der Waals surface area contributed by atoms with Crippen LogP contribution in [0.2, 0.25) is 0 Å². The Kier molecular flexibility index (Phi) is 4.90. The van der Waals surface area contributed by atoms with Crippen LogP contribution in [0.25, 0.3) is 0 Å². The van der Waals surface area contributed by atoms with E-state index >= 15 is 0 Å². The van der Waals surface area contributed by atoms with E-state index in [0.717, 1.165) is 29.1 Å². The lowest BCUT2D eigenvalue weighted by atomic mass is 9.66. The molecule has 0 spiro atoms. The third kappa shape index (κ3) is 3.73. The Balaban J connectivity index is 1.10. The number of carbonyl (C=O) groups is 2. The van der Waals surface area contributed by atoms with Crippen LogP contribution in [0.3, 0.4) is 0 Å². The standard InChI is InChI=1S/C28H27N3O3/c32-26(18-4-8-22(9-5-18)29-25-3-1-2-24(31-25)27(33)34)30-23-10-6-21(7-11-23)28-14-17-12-19(15-28)20(13-17)16-28/h1-11,17,19-20H,12-16H2,(H,29,31)(H,30,32)(H,33,34). The second-order valence-electron chi connectivity index (χ2n) is 10.2. The molecule has 1 amide bonds. The van der Waals surface area contributed by atoms with Crippen molar-refractivity contribution in [1.29, 1.82) is 0 Å². The molecule has 0 aliphatic heterocycles. The van der Waals surface area contributed by atoms with Gasteiger partial charge in [-0.05, 0) is 109 Å². The lowest BCUT2D eigenvalue weighted by molar-refractivity contribution is 0.0690. The molecule has 6 heteroatoms. The van der Waals surface area contributed by atoms with Crippen molar-refractivity contribution in [3.05, 3.63) is 83.6 Å². The van der Waals surface area contributed by atoms with Gasteiger partial charge in [0.05, 0.1) is 0 Å². The minimum atomic E-state index is -1.08. The molecule has 0 saturated heterocycles. The molecule has 0 radical (unpaired) electrons. The fourth-order valence-corrected chi connectivity index (χ4v) is 6.75. The van der Waals surface area contributed by atoms with Crippen LogP contribution >= 0.6 is 0 Å². The van der Waals surface area contributed by atoms with Crippen molar-refractivity contribution in [2.45, 2.75) is 37.5 Å². The molecular weight excluding hydrogens is 426 g/mol. The molecule has 4 aliphatic rings. The number of rotatable bonds is 6. The number of carboxylic acids is 1. The first-order valence-corrected chi connectivity index (χ1v) is 12.0. The fraction of sp³-hybridized carbons (Fsp3) is 0.321. The van der Waals surface area contributed by atoms with Crippen molar-refractivity contribution in [3.63, 3.8) is 0 Å². The summed E-state index contributed by atoms with van der Waals surface area (Å²) >= 11 is 0. The molecule has 1 heterocycles. The lowest BCUT2D eigenvalue weighted by Gasteiger charge is -2.39. The van der Waals surface area contributed by atoms with Gasteiger partial charge in [-0.2, -0.15) is 0 Å². The van der Waals surface area contributed by atoms with Gasteiger partial charge in [0.1, 0.15) is 5.82 Å². The van der Waals surface area contributed by atoms with E-state index in [4.69, 9.17) is 5.11 Å². The Morgan fingerprint density at radius 1 is 0.853 bits per heavy atom. The van der Waals surface area contributed by atoms with E-state index in [-0.39, 0.29) is 11.6 Å². The largest absolute Gasteiger partial charge is 0.477 e. The Morgan fingerprint density at radius 3 is 2.18 bits per heavy atom. The first kappa shape index (κ1) is 20.9. The maximum atomic E-state index is 12.8. The number of hydrogen-bond donors (Lipinski definition) is 3. The van der Waals surface area contributed by atoms with Gasteiger partial charge in [0.2, 0.25) is 0 Å². The summed E-state index contributed by atoms with van der Waals surface area (Å²) in [7, 11) is 0. The third-order valence-corrected chi connectivity index (χ3v) is 8.07. The number of aromatic carboxylic acids is 1. The van der Waals surface area contributed by atoms with E-state index in [1.807, 2.05) is 12.1 Å². The third-order valence-electron chi connectivity index (χ3n) is 8.07. The minimum absolute atomic E-state index is 0.0281. The summed E-state index contributed by atoms with van der Waals surface area (Å²) in [5.74, 6) is 1.99. The number of amides is 1. The SMILES string of the molecule is O=C(Nc1ccc(C23CC4CC(C2)C(C4)C3)cc1)c1ccc(Nc2cccc(C(=O)O)n2)cc1. The summed E-state index contributed by atoms with van der Waals surface area (Å²) in [4.78, 5) is 27.9. The summed E-state index contributed by atoms with van der Waals surface area (Å²) in [5, 5.41) is 15.1. The molecule has 34 heavy (non-hydrogen) atoms. The van der Waals surface area contributed by atoms with Gasteiger partial charge in [-0.1, -0.05) is 18.2 Å². The van der Waals surface area contributed by atoms with Crippen molar-refractivity contribution in [2.75, 3.05) is 10.6 Å². The van der Waals surface area contributed by atoms with E-state index < -0.39 is 5.97 Å². The number of benzene rings is 2. The van der Waals surface area contributed by atoms with Crippen LogP contribution in [0.4, 0.5) is 17.2 Å². The van der Waals surface area contributed by atoms with Crippen LogP contribution in [0.5, 0.6) is 0 Å². The number of aromatic nitrogens is 1. The number of nitrogens with zero attached hydrogens (tertiary/aromatic N) is 1. The summed E-state index contributed by atoms with van der Waals surface area (Å²) < 4.78 is 0. The molecule has 7 rings (SSSR count). The Hall–Kier alpha value is -3.67. The van der Waals surface area contributed by atoms with Gasteiger partial charge in [0.15, 0.2) is 5.69 Å². The minimum Gasteiger partial charge on any atom is -0.477 e. The number of hydrogen-bond acceptors (Lipinski definition) is 4. The zero-order valence-corrected chi connectivity index (χ0v) is 18.8. The molecule has 1 aromatic heterocycles. The smallest absolute Gasteiger partial charge is 0.354 e. The average molecular weight is 454 g/mol.